The molecule has 3 heterocycles. The minimum atomic E-state index is -1.49. The normalized spacial score (nSPS) is 22.4. The van der Waals surface area contributed by atoms with Crippen LogP contribution in [0.1, 0.15) is 35.3 Å². The Kier molecular flexibility index (Phi) is 5.27. The van der Waals surface area contributed by atoms with E-state index in [0.717, 1.165) is 17.8 Å². The molecule has 7 nitrogen and oxygen atoms in total. The number of halogens is 3. The molecule has 0 radical (unpaired) electrons. The Morgan fingerprint density at radius 2 is 1.82 bits per heavy atom. The number of nitrogens with zero attached hydrogens (tertiary/aromatic N) is 3. The number of allylic oxidation sites excluding steroid dienone is 1. The van der Waals surface area contributed by atoms with Gasteiger partial charge in [-0.3, -0.25) is 9.59 Å². The van der Waals surface area contributed by atoms with Crippen LogP contribution in [0, 0.1) is 23.4 Å². The van der Waals surface area contributed by atoms with Crippen molar-refractivity contribution < 1.29 is 27.5 Å². The molecule has 1 saturated heterocycles. The minimum Gasteiger partial charge on any atom is -0.482 e. The molecule has 0 aliphatic carbocycles. The van der Waals surface area contributed by atoms with Gasteiger partial charge in [-0.15, -0.1) is 0 Å². The predicted molar refractivity (Wildman–Crippen MR) is 117 cm³/mol. The lowest BCUT2D eigenvalue weighted by atomic mass is 9.86. The maximum atomic E-state index is 13.9. The Morgan fingerprint density at radius 1 is 1.12 bits per heavy atom. The minimum absolute atomic E-state index is 0.0439. The molecule has 0 spiro atoms. The van der Waals surface area contributed by atoms with Crippen molar-refractivity contribution in [3.63, 3.8) is 0 Å². The average Bonchev–Trinajstić information content (AvgIpc) is 3.16. The van der Waals surface area contributed by atoms with Crippen LogP contribution < -0.4 is 15.1 Å². The largest absolute Gasteiger partial charge is 0.482 e. The molecule has 1 N–H and O–H groups in total. The van der Waals surface area contributed by atoms with Crippen molar-refractivity contribution in [1.29, 1.82) is 0 Å². The maximum absolute atomic E-state index is 13.9. The third-order valence-electron chi connectivity index (χ3n) is 6.81. The van der Waals surface area contributed by atoms with E-state index in [0.29, 0.717) is 41.2 Å². The summed E-state index contributed by atoms with van der Waals surface area (Å²) < 4.78 is 46.7. The molecule has 1 fully saturated rings. The summed E-state index contributed by atoms with van der Waals surface area (Å²) in [5.74, 6) is -4.01. The fourth-order valence-electron chi connectivity index (χ4n) is 5.02. The van der Waals surface area contributed by atoms with Gasteiger partial charge in [0.15, 0.2) is 24.1 Å². The number of hydrogen-bond acceptors (Lipinski definition) is 5. The highest BCUT2D eigenvalue weighted by molar-refractivity contribution is 6.01. The van der Waals surface area contributed by atoms with E-state index in [9.17, 15) is 22.8 Å². The van der Waals surface area contributed by atoms with Gasteiger partial charge in [0, 0.05) is 37.8 Å². The number of rotatable bonds is 2. The van der Waals surface area contributed by atoms with E-state index in [1.807, 2.05) is 6.92 Å². The van der Waals surface area contributed by atoms with Gasteiger partial charge in [0.2, 0.25) is 0 Å². The first-order valence-corrected chi connectivity index (χ1v) is 10.9. The highest BCUT2D eigenvalue weighted by atomic mass is 19.2. The number of benzene rings is 2. The summed E-state index contributed by atoms with van der Waals surface area (Å²) in [5, 5.41) is 1.72. The standard InChI is InChI=1S/C24H23F3N4O3/c1-12-22-15(23(30(3)28-22)14-8-16(25)21(27)17(26)9-14)6-7-31(12)24(33)13-4-5-19-18(10-13)29(2)20(32)11-34-19/h4-5,8-10,15,23,28H,6-7,11H2,1-3H3. The molecule has 0 saturated carbocycles. The Morgan fingerprint density at radius 3 is 2.53 bits per heavy atom. The highest BCUT2D eigenvalue weighted by Crippen LogP contribution is 2.44. The summed E-state index contributed by atoms with van der Waals surface area (Å²) in [6, 6.07) is 6.59. The van der Waals surface area contributed by atoms with Crippen LogP contribution in [-0.4, -0.2) is 49.0 Å². The second kappa shape index (κ2) is 8.05. The summed E-state index contributed by atoms with van der Waals surface area (Å²) in [6.45, 7) is 2.16. The van der Waals surface area contributed by atoms with Gasteiger partial charge < -0.3 is 20.0 Å². The van der Waals surface area contributed by atoms with Gasteiger partial charge in [-0.1, -0.05) is 0 Å². The average molecular weight is 472 g/mol. The van der Waals surface area contributed by atoms with Crippen LogP contribution in [-0.2, 0) is 4.79 Å². The number of hydrogen-bond donors (Lipinski definition) is 1. The zero-order valence-electron chi connectivity index (χ0n) is 18.9. The first kappa shape index (κ1) is 22.3. The molecule has 3 aliphatic rings. The molecule has 0 bridgehead atoms. The molecular formula is C24H23F3N4O3. The van der Waals surface area contributed by atoms with E-state index in [1.54, 1.807) is 42.2 Å². The van der Waals surface area contributed by atoms with Crippen molar-refractivity contribution in [1.82, 2.24) is 15.3 Å². The van der Waals surface area contributed by atoms with Gasteiger partial charge >= 0.3 is 0 Å². The van der Waals surface area contributed by atoms with Crippen molar-refractivity contribution in [3.8, 4) is 5.75 Å². The van der Waals surface area contributed by atoms with Crippen molar-refractivity contribution in [2.24, 2.45) is 5.92 Å². The number of likely N-dealkylation sites (N-methyl/N-ethyl adjacent to an activating group) is 1. The summed E-state index contributed by atoms with van der Waals surface area (Å²) in [4.78, 5) is 28.5. The topological polar surface area (TPSA) is 65.1 Å². The number of carbonyl (C=O) groups excluding carboxylic acids is 2. The van der Waals surface area contributed by atoms with Gasteiger partial charge in [-0.25, -0.2) is 18.2 Å². The van der Waals surface area contributed by atoms with E-state index in [2.05, 4.69) is 5.43 Å². The van der Waals surface area contributed by atoms with Crippen LogP contribution in [0.4, 0.5) is 18.9 Å². The van der Waals surface area contributed by atoms with E-state index in [1.165, 1.54) is 4.90 Å². The van der Waals surface area contributed by atoms with Crippen LogP contribution in [0.5, 0.6) is 5.75 Å². The lowest BCUT2D eigenvalue weighted by Gasteiger charge is -2.33. The van der Waals surface area contributed by atoms with Crippen molar-refractivity contribution in [2.75, 3.05) is 32.1 Å². The van der Waals surface area contributed by atoms with E-state index in [4.69, 9.17) is 4.74 Å². The first-order chi connectivity index (χ1) is 16.2. The van der Waals surface area contributed by atoms with Gasteiger partial charge in [-0.2, -0.15) is 0 Å². The highest BCUT2D eigenvalue weighted by Gasteiger charge is 2.43. The monoisotopic (exact) mass is 472 g/mol. The Labute approximate surface area is 194 Å². The number of fused-ring (bicyclic) bond motifs is 2. The lowest BCUT2D eigenvalue weighted by molar-refractivity contribution is -0.120. The molecule has 34 heavy (non-hydrogen) atoms. The second-order valence-corrected chi connectivity index (χ2v) is 8.74. The second-order valence-electron chi connectivity index (χ2n) is 8.74. The molecule has 2 atom stereocenters. The quantitative estimate of drug-likeness (QED) is 0.680. The smallest absolute Gasteiger partial charge is 0.264 e. The fourth-order valence-corrected chi connectivity index (χ4v) is 5.02. The van der Waals surface area contributed by atoms with Gasteiger partial charge in [-0.05, 0) is 49.2 Å². The Hall–Kier alpha value is -3.53. The molecule has 10 heteroatoms. The summed E-state index contributed by atoms with van der Waals surface area (Å²) in [5.41, 5.74) is 5.94. The van der Waals surface area contributed by atoms with Crippen molar-refractivity contribution in [2.45, 2.75) is 19.4 Å². The Balaban J connectivity index is 1.45. The maximum Gasteiger partial charge on any atom is 0.264 e. The number of carbonyl (C=O) groups is 2. The molecule has 3 aliphatic heterocycles. The van der Waals surface area contributed by atoms with Gasteiger partial charge in [0.1, 0.15) is 5.75 Å². The lowest BCUT2D eigenvalue weighted by Crippen LogP contribution is -2.38. The van der Waals surface area contributed by atoms with Crippen molar-refractivity contribution in [3.05, 3.63) is 70.3 Å². The fraction of sp³-hybridized carbons (Fsp3) is 0.333. The SMILES string of the molecule is CC1=C2NN(C)C(c3cc(F)c(F)c(F)c3)C2CCN1C(=O)c1ccc2c(c1)N(C)C(=O)CO2. The number of anilines is 1. The third-order valence-corrected chi connectivity index (χ3v) is 6.81. The molecule has 2 amide bonds. The molecule has 2 unspecified atom stereocenters. The zero-order valence-corrected chi connectivity index (χ0v) is 18.9. The first-order valence-electron chi connectivity index (χ1n) is 10.9. The van der Waals surface area contributed by atoms with E-state index < -0.39 is 23.5 Å². The van der Waals surface area contributed by atoms with E-state index >= 15 is 0 Å². The van der Waals surface area contributed by atoms with E-state index in [-0.39, 0.29) is 24.3 Å². The molecule has 178 valence electrons. The van der Waals surface area contributed by atoms with Crippen molar-refractivity contribution >= 4 is 17.5 Å². The number of amides is 2. The summed E-state index contributed by atoms with van der Waals surface area (Å²) in [7, 11) is 3.38. The van der Waals surface area contributed by atoms with Gasteiger partial charge in [0.05, 0.1) is 17.4 Å². The summed E-state index contributed by atoms with van der Waals surface area (Å²) >= 11 is 0. The predicted octanol–water partition coefficient (Wildman–Crippen LogP) is 3.34. The molecular weight excluding hydrogens is 449 g/mol. The number of ether oxygens (including phenoxy) is 1. The molecule has 0 aromatic heterocycles. The summed E-state index contributed by atoms with van der Waals surface area (Å²) in [6.07, 6.45) is 0.535. The van der Waals surface area contributed by atoms with Crippen LogP contribution in [0.25, 0.3) is 0 Å². The molecule has 2 aromatic carbocycles. The van der Waals surface area contributed by atoms with Crippen LogP contribution >= 0.6 is 0 Å². The van der Waals surface area contributed by atoms with Crippen LogP contribution in [0.2, 0.25) is 0 Å². The Bertz CT molecular complexity index is 1220. The van der Waals surface area contributed by atoms with Crippen LogP contribution in [0.3, 0.4) is 0 Å². The van der Waals surface area contributed by atoms with Crippen LogP contribution in [0.15, 0.2) is 41.7 Å². The zero-order chi connectivity index (χ0) is 24.3. The molecule has 5 rings (SSSR count). The molecule has 2 aromatic rings. The number of hydrazine groups is 1. The van der Waals surface area contributed by atoms with Gasteiger partial charge in [0.25, 0.3) is 11.8 Å². The number of nitrogens with one attached hydrogen (secondary N) is 1. The third kappa shape index (κ3) is 3.40.